The van der Waals surface area contributed by atoms with E-state index in [1.807, 2.05) is 6.07 Å². The average molecular weight is 324 g/mol. The van der Waals surface area contributed by atoms with Crippen molar-refractivity contribution in [3.8, 4) is 0 Å². The van der Waals surface area contributed by atoms with Gasteiger partial charge in [0.2, 0.25) is 0 Å². The average Bonchev–Trinajstić information content (AvgIpc) is 2.39. The molecule has 0 aliphatic rings. The Bertz CT molecular complexity index is 560. The first kappa shape index (κ1) is 13.9. The minimum absolute atomic E-state index is 0.237. The molecule has 0 saturated heterocycles. The first-order valence-electron chi connectivity index (χ1n) is 6.18. The molecule has 2 rings (SSSR count). The highest BCUT2D eigenvalue weighted by atomic mass is 79.9. The summed E-state index contributed by atoms with van der Waals surface area (Å²) in [6.45, 7) is 2.95. The lowest BCUT2D eigenvalue weighted by molar-refractivity contribution is 0.626. The van der Waals surface area contributed by atoms with Gasteiger partial charge in [-0.1, -0.05) is 19.1 Å². The van der Waals surface area contributed by atoms with Crippen LogP contribution in [0.5, 0.6) is 0 Å². The molecule has 1 aromatic carbocycles. The number of halogens is 2. The van der Waals surface area contributed by atoms with Gasteiger partial charge in [0.05, 0.1) is 4.47 Å². The fourth-order valence-electron chi connectivity index (χ4n) is 1.69. The molecular weight excluding hydrogens is 309 g/mol. The Morgan fingerprint density at radius 3 is 2.95 bits per heavy atom. The van der Waals surface area contributed by atoms with Crippen molar-refractivity contribution in [2.75, 3.05) is 11.9 Å². The van der Waals surface area contributed by atoms with Crippen molar-refractivity contribution in [2.45, 2.75) is 19.8 Å². The second kappa shape index (κ2) is 6.61. The Hall–Kier alpha value is -1.49. The van der Waals surface area contributed by atoms with Crippen LogP contribution in [0, 0.1) is 5.82 Å². The lowest BCUT2D eigenvalue weighted by Gasteiger charge is -2.08. The quantitative estimate of drug-likeness (QED) is 0.909. The standard InChI is InChI=1S/C14H15BrFN3/c1-2-6-17-14-12(15)9-18-13(19-14)8-10-4-3-5-11(16)7-10/h3-5,7,9H,2,6,8H2,1H3,(H,17,18,19). The number of hydrogen-bond acceptors (Lipinski definition) is 3. The minimum atomic E-state index is -0.237. The third-order valence-corrected chi connectivity index (χ3v) is 3.17. The molecule has 0 fully saturated rings. The molecule has 5 heteroatoms. The molecule has 1 N–H and O–H groups in total. The van der Waals surface area contributed by atoms with Gasteiger partial charge in [-0.3, -0.25) is 0 Å². The Morgan fingerprint density at radius 1 is 1.37 bits per heavy atom. The molecule has 2 aromatic rings. The summed E-state index contributed by atoms with van der Waals surface area (Å²) in [6.07, 6.45) is 3.27. The molecule has 0 bridgehead atoms. The van der Waals surface area contributed by atoms with Crippen LogP contribution < -0.4 is 5.32 Å². The molecule has 0 aliphatic carbocycles. The maximum absolute atomic E-state index is 13.1. The smallest absolute Gasteiger partial charge is 0.144 e. The Labute approximate surface area is 120 Å². The van der Waals surface area contributed by atoms with Crippen molar-refractivity contribution in [3.05, 3.63) is 52.1 Å². The van der Waals surface area contributed by atoms with E-state index in [0.717, 1.165) is 28.8 Å². The van der Waals surface area contributed by atoms with E-state index in [1.54, 1.807) is 12.3 Å². The van der Waals surface area contributed by atoms with Crippen LogP contribution in [0.2, 0.25) is 0 Å². The highest BCUT2D eigenvalue weighted by molar-refractivity contribution is 9.10. The van der Waals surface area contributed by atoms with Crippen molar-refractivity contribution in [1.29, 1.82) is 0 Å². The van der Waals surface area contributed by atoms with E-state index in [0.29, 0.717) is 12.2 Å². The number of anilines is 1. The van der Waals surface area contributed by atoms with Crippen LogP contribution in [0.25, 0.3) is 0 Å². The predicted molar refractivity (Wildman–Crippen MR) is 77.7 cm³/mol. The largest absolute Gasteiger partial charge is 0.369 e. The van der Waals surface area contributed by atoms with E-state index in [9.17, 15) is 4.39 Å². The summed E-state index contributed by atoms with van der Waals surface area (Å²) >= 11 is 3.41. The van der Waals surface area contributed by atoms with Crippen LogP contribution >= 0.6 is 15.9 Å². The molecule has 3 nitrogen and oxygen atoms in total. The van der Waals surface area contributed by atoms with Gasteiger partial charge in [0.25, 0.3) is 0 Å². The summed E-state index contributed by atoms with van der Waals surface area (Å²) in [6, 6.07) is 6.50. The summed E-state index contributed by atoms with van der Waals surface area (Å²) in [5, 5.41) is 3.23. The van der Waals surface area contributed by atoms with Crippen molar-refractivity contribution >= 4 is 21.7 Å². The van der Waals surface area contributed by atoms with E-state index < -0.39 is 0 Å². The number of nitrogens with zero attached hydrogens (tertiary/aromatic N) is 2. The molecule has 0 unspecified atom stereocenters. The second-order valence-electron chi connectivity index (χ2n) is 4.22. The lowest BCUT2D eigenvalue weighted by Crippen LogP contribution is -2.06. The molecule has 1 aromatic heterocycles. The van der Waals surface area contributed by atoms with Crippen LogP contribution in [-0.2, 0) is 6.42 Å². The first-order chi connectivity index (χ1) is 9.19. The number of hydrogen-bond donors (Lipinski definition) is 1. The third-order valence-electron chi connectivity index (χ3n) is 2.59. The molecule has 19 heavy (non-hydrogen) atoms. The van der Waals surface area contributed by atoms with Crippen LogP contribution in [0.3, 0.4) is 0 Å². The fourth-order valence-corrected chi connectivity index (χ4v) is 2.02. The van der Waals surface area contributed by atoms with Gasteiger partial charge in [0, 0.05) is 19.2 Å². The SMILES string of the molecule is CCCNc1nc(Cc2cccc(F)c2)ncc1Br. The van der Waals surface area contributed by atoms with Gasteiger partial charge in [-0.05, 0) is 40.0 Å². The molecule has 0 spiro atoms. The maximum Gasteiger partial charge on any atom is 0.144 e. The Kier molecular flexibility index (Phi) is 4.85. The van der Waals surface area contributed by atoms with Gasteiger partial charge in [-0.15, -0.1) is 0 Å². The van der Waals surface area contributed by atoms with Crippen LogP contribution in [-0.4, -0.2) is 16.5 Å². The summed E-state index contributed by atoms with van der Waals surface area (Å²) in [7, 11) is 0. The van der Waals surface area contributed by atoms with E-state index >= 15 is 0 Å². The zero-order valence-corrected chi connectivity index (χ0v) is 12.2. The second-order valence-corrected chi connectivity index (χ2v) is 5.07. The summed E-state index contributed by atoms with van der Waals surface area (Å²) in [5.41, 5.74) is 0.865. The summed E-state index contributed by atoms with van der Waals surface area (Å²) in [4.78, 5) is 8.69. The van der Waals surface area contributed by atoms with E-state index in [2.05, 4.69) is 38.1 Å². The monoisotopic (exact) mass is 323 g/mol. The number of rotatable bonds is 5. The predicted octanol–water partition coefficient (Wildman–Crippen LogP) is 3.79. The van der Waals surface area contributed by atoms with Crippen molar-refractivity contribution in [2.24, 2.45) is 0 Å². The molecule has 0 saturated carbocycles. The highest BCUT2D eigenvalue weighted by Crippen LogP contribution is 2.19. The van der Waals surface area contributed by atoms with Gasteiger partial charge in [0.15, 0.2) is 0 Å². The summed E-state index contributed by atoms with van der Waals surface area (Å²) in [5.74, 6) is 1.22. The van der Waals surface area contributed by atoms with Gasteiger partial charge in [-0.25, -0.2) is 14.4 Å². The molecule has 100 valence electrons. The molecule has 0 aliphatic heterocycles. The van der Waals surface area contributed by atoms with Crippen molar-refractivity contribution in [1.82, 2.24) is 9.97 Å². The van der Waals surface area contributed by atoms with Gasteiger partial charge in [0.1, 0.15) is 17.5 Å². The third kappa shape index (κ3) is 3.99. The van der Waals surface area contributed by atoms with E-state index in [1.165, 1.54) is 12.1 Å². The topological polar surface area (TPSA) is 37.8 Å². The van der Waals surface area contributed by atoms with E-state index in [-0.39, 0.29) is 5.82 Å². The first-order valence-corrected chi connectivity index (χ1v) is 6.98. The number of nitrogens with one attached hydrogen (secondary N) is 1. The molecule has 0 atom stereocenters. The van der Waals surface area contributed by atoms with Gasteiger partial charge in [-0.2, -0.15) is 0 Å². The Balaban J connectivity index is 2.16. The zero-order chi connectivity index (χ0) is 13.7. The summed E-state index contributed by atoms with van der Waals surface area (Å²) < 4.78 is 14.0. The van der Waals surface area contributed by atoms with Crippen LogP contribution in [0.1, 0.15) is 24.7 Å². The number of aromatic nitrogens is 2. The normalized spacial score (nSPS) is 10.5. The van der Waals surface area contributed by atoms with Crippen LogP contribution in [0.15, 0.2) is 34.9 Å². The van der Waals surface area contributed by atoms with Crippen molar-refractivity contribution in [3.63, 3.8) is 0 Å². The molecular formula is C14H15BrFN3. The lowest BCUT2D eigenvalue weighted by atomic mass is 10.1. The molecule has 0 amide bonds. The fraction of sp³-hybridized carbons (Fsp3) is 0.286. The Morgan fingerprint density at radius 2 is 2.21 bits per heavy atom. The minimum Gasteiger partial charge on any atom is -0.369 e. The maximum atomic E-state index is 13.1. The van der Waals surface area contributed by atoms with Gasteiger partial charge >= 0.3 is 0 Å². The highest BCUT2D eigenvalue weighted by Gasteiger charge is 2.06. The van der Waals surface area contributed by atoms with Crippen LogP contribution in [0.4, 0.5) is 10.2 Å². The van der Waals surface area contributed by atoms with E-state index in [4.69, 9.17) is 0 Å². The van der Waals surface area contributed by atoms with Crippen molar-refractivity contribution < 1.29 is 4.39 Å². The van der Waals surface area contributed by atoms with Gasteiger partial charge < -0.3 is 5.32 Å². The number of benzene rings is 1. The molecule has 1 heterocycles. The zero-order valence-electron chi connectivity index (χ0n) is 10.7. The molecule has 0 radical (unpaired) electrons.